The van der Waals surface area contributed by atoms with E-state index in [2.05, 4.69) is 15.1 Å². The van der Waals surface area contributed by atoms with Crippen molar-refractivity contribution in [2.45, 2.75) is 19.3 Å². The molecule has 3 heterocycles. The molecule has 1 aliphatic rings. The van der Waals surface area contributed by atoms with Crippen LogP contribution in [0.4, 0.5) is 23.9 Å². The first-order valence-corrected chi connectivity index (χ1v) is 11.6. The van der Waals surface area contributed by atoms with Crippen molar-refractivity contribution in [2.24, 2.45) is 0 Å². The molecule has 1 saturated heterocycles. The van der Waals surface area contributed by atoms with E-state index in [1.54, 1.807) is 24.3 Å². The smallest absolute Gasteiger partial charge is 0.369 e. The molecule has 13 heteroatoms. The second-order valence-electron chi connectivity index (χ2n) is 7.98. The number of halogens is 4. The van der Waals surface area contributed by atoms with Crippen molar-refractivity contribution in [1.82, 2.24) is 24.6 Å². The number of carbonyl (C=O) groups is 2. The standard InChI is InChI=1S/C23H16ClF3N6O2S/c24-15-3-2-13(17(7-15)23(25,26)27)10-33-18-4-1-12(5-14(18)8-30-33)6-19-20(34)32(22(35)36-19)11-16-9-29-21(28)31-16/h1-9H,10-11H2,(H3,28,29,31)/b19-6-. The number of imidazole rings is 1. The van der Waals surface area contributed by atoms with Crippen molar-refractivity contribution >= 4 is 57.4 Å². The predicted octanol–water partition coefficient (Wildman–Crippen LogP) is 5.30. The molecule has 0 saturated carbocycles. The van der Waals surface area contributed by atoms with Crippen LogP contribution >= 0.6 is 23.4 Å². The molecular weight excluding hydrogens is 517 g/mol. The molecule has 0 atom stereocenters. The SMILES string of the molecule is Nc1ncc(CN2C(=O)S/C(=C\c3ccc4c(cnn4Cc4ccc(Cl)cc4C(F)(F)F)c3)C2=O)[nH]1. The van der Waals surface area contributed by atoms with Gasteiger partial charge in [0.05, 0.1) is 47.2 Å². The number of rotatable bonds is 5. The zero-order chi connectivity index (χ0) is 25.6. The van der Waals surface area contributed by atoms with Crippen LogP contribution in [0.2, 0.25) is 5.02 Å². The predicted molar refractivity (Wildman–Crippen MR) is 130 cm³/mol. The fourth-order valence-corrected chi connectivity index (χ4v) is 4.86. The summed E-state index contributed by atoms with van der Waals surface area (Å²) in [5.74, 6) is -0.261. The first-order chi connectivity index (χ1) is 17.1. The Morgan fingerprint density at radius 1 is 1.11 bits per heavy atom. The third kappa shape index (κ3) is 4.69. The number of benzene rings is 2. The number of nitrogens with zero attached hydrogens (tertiary/aromatic N) is 4. The Balaban J connectivity index is 1.39. The number of imide groups is 1. The van der Waals surface area contributed by atoms with Gasteiger partial charge in [0.25, 0.3) is 11.1 Å². The second-order valence-corrected chi connectivity index (χ2v) is 9.41. The van der Waals surface area contributed by atoms with E-state index >= 15 is 0 Å². The maximum absolute atomic E-state index is 13.5. The Kier molecular flexibility index (Phi) is 6.00. The van der Waals surface area contributed by atoms with E-state index in [0.717, 1.165) is 22.7 Å². The average Bonchev–Trinajstić information content (AvgIpc) is 3.48. The monoisotopic (exact) mass is 532 g/mol. The third-order valence-corrected chi connectivity index (χ3v) is 6.65. The van der Waals surface area contributed by atoms with E-state index in [9.17, 15) is 22.8 Å². The van der Waals surface area contributed by atoms with Gasteiger partial charge in [0.15, 0.2) is 5.95 Å². The topological polar surface area (TPSA) is 110 Å². The summed E-state index contributed by atoms with van der Waals surface area (Å²) in [6.07, 6.45) is 0.0209. The van der Waals surface area contributed by atoms with E-state index in [-0.39, 0.29) is 34.5 Å². The van der Waals surface area contributed by atoms with Gasteiger partial charge in [-0.25, -0.2) is 4.98 Å². The van der Waals surface area contributed by atoms with Crippen LogP contribution in [0.25, 0.3) is 17.0 Å². The molecule has 0 bridgehead atoms. The van der Waals surface area contributed by atoms with Crippen LogP contribution in [0, 0.1) is 0 Å². The number of H-pyrrole nitrogens is 1. The molecule has 2 aromatic heterocycles. The molecule has 1 aliphatic heterocycles. The number of nitrogens with one attached hydrogen (secondary N) is 1. The Morgan fingerprint density at radius 3 is 2.64 bits per heavy atom. The lowest BCUT2D eigenvalue weighted by molar-refractivity contribution is -0.138. The van der Waals surface area contributed by atoms with Crippen molar-refractivity contribution in [2.75, 3.05) is 5.73 Å². The summed E-state index contributed by atoms with van der Waals surface area (Å²) < 4.78 is 41.9. The number of hydrogen-bond acceptors (Lipinski definition) is 6. The Hall–Kier alpha value is -3.77. The summed E-state index contributed by atoms with van der Waals surface area (Å²) in [5.41, 5.74) is 6.54. The maximum atomic E-state index is 13.5. The van der Waals surface area contributed by atoms with Gasteiger partial charge in [-0.15, -0.1) is 0 Å². The lowest BCUT2D eigenvalue weighted by atomic mass is 10.1. The lowest BCUT2D eigenvalue weighted by Crippen LogP contribution is -2.27. The van der Waals surface area contributed by atoms with E-state index in [1.807, 2.05) is 0 Å². The summed E-state index contributed by atoms with van der Waals surface area (Å²) in [5, 5.41) is 4.48. The van der Waals surface area contributed by atoms with Crippen molar-refractivity contribution in [3.63, 3.8) is 0 Å². The van der Waals surface area contributed by atoms with Crippen molar-refractivity contribution in [3.8, 4) is 0 Å². The number of anilines is 1. The van der Waals surface area contributed by atoms with Gasteiger partial charge in [-0.2, -0.15) is 18.3 Å². The largest absolute Gasteiger partial charge is 0.416 e. The molecule has 8 nitrogen and oxygen atoms in total. The molecule has 184 valence electrons. The van der Waals surface area contributed by atoms with Gasteiger partial charge < -0.3 is 10.7 Å². The van der Waals surface area contributed by atoms with Crippen LogP contribution in [-0.4, -0.2) is 35.8 Å². The van der Waals surface area contributed by atoms with Gasteiger partial charge in [0, 0.05) is 10.4 Å². The zero-order valence-electron chi connectivity index (χ0n) is 18.2. The minimum Gasteiger partial charge on any atom is -0.369 e. The van der Waals surface area contributed by atoms with Crippen molar-refractivity contribution < 1.29 is 22.8 Å². The zero-order valence-corrected chi connectivity index (χ0v) is 19.8. The third-order valence-electron chi connectivity index (χ3n) is 5.51. The number of nitrogens with two attached hydrogens (primary N) is 1. The molecule has 0 spiro atoms. The highest BCUT2D eigenvalue weighted by atomic mass is 35.5. The number of alkyl halides is 3. The van der Waals surface area contributed by atoms with Crippen molar-refractivity contribution in [1.29, 1.82) is 0 Å². The Labute approximate surface area is 210 Å². The van der Waals surface area contributed by atoms with E-state index in [0.29, 0.717) is 22.2 Å². The summed E-state index contributed by atoms with van der Waals surface area (Å²) in [6.45, 7) is -0.0888. The quantitative estimate of drug-likeness (QED) is 0.338. The Bertz CT molecular complexity index is 1540. The van der Waals surface area contributed by atoms with E-state index in [1.165, 1.54) is 29.2 Å². The lowest BCUT2D eigenvalue weighted by Gasteiger charge is -2.14. The average molecular weight is 533 g/mol. The van der Waals surface area contributed by atoms with Gasteiger partial charge in [-0.1, -0.05) is 23.7 Å². The fraction of sp³-hybridized carbons (Fsp3) is 0.130. The second kappa shape index (κ2) is 9.03. The van der Waals surface area contributed by atoms with Gasteiger partial charge in [0.2, 0.25) is 0 Å². The molecule has 4 aromatic rings. The Morgan fingerprint density at radius 2 is 1.92 bits per heavy atom. The van der Waals surface area contributed by atoms with Crippen LogP contribution in [0.3, 0.4) is 0 Å². The van der Waals surface area contributed by atoms with Crippen LogP contribution in [-0.2, 0) is 24.1 Å². The maximum Gasteiger partial charge on any atom is 0.416 e. The summed E-state index contributed by atoms with van der Waals surface area (Å²) in [6, 6.07) is 8.79. The van der Waals surface area contributed by atoms with Crippen LogP contribution in [0.15, 0.2) is 53.7 Å². The number of fused-ring (bicyclic) bond motifs is 1. The summed E-state index contributed by atoms with van der Waals surface area (Å²) in [7, 11) is 0. The van der Waals surface area contributed by atoms with Crippen LogP contribution in [0.5, 0.6) is 0 Å². The highest BCUT2D eigenvalue weighted by Crippen LogP contribution is 2.35. The number of thioether (sulfide) groups is 1. The van der Waals surface area contributed by atoms with Crippen LogP contribution < -0.4 is 5.73 Å². The number of aromatic nitrogens is 4. The normalized spacial score (nSPS) is 15.6. The van der Waals surface area contributed by atoms with Crippen molar-refractivity contribution in [3.05, 3.63) is 81.1 Å². The number of hydrogen-bond donors (Lipinski definition) is 2. The van der Waals surface area contributed by atoms with Gasteiger partial charge in [0.1, 0.15) is 0 Å². The van der Waals surface area contributed by atoms with E-state index < -0.39 is 22.9 Å². The number of amides is 2. The molecule has 5 rings (SSSR count). The highest BCUT2D eigenvalue weighted by molar-refractivity contribution is 8.18. The molecule has 3 N–H and O–H groups in total. The first-order valence-electron chi connectivity index (χ1n) is 10.4. The molecule has 0 unspecified atom stereocenters. The van der Waals surface area contributed by atoms with Crippen LogP contribution in [0.1, 0.15) is 22.4 Å². The molecule has 36 heavy (non-hydrogen) atoms. The summed E-state index contributed by atoms with van der Waals surface area (Å²) in [4.78, 5) is 33.1. The minimum atomic E-state index is -4.55. The number of nitrogen functional groups attached to an aromatic ring is 1. The van der Waals surface area contributed by atoms with Gasteiger partial charge in [-0.3, -0.25) is 19.2 Å². The molecule has 0 radical (unpaired) electrons. The fourth-order valence-electron chi connectivity index (χ4n) is 3.85. The highest BCUT2D eigenvalue weighted by Gasteiger charge is 2.35. The number of carbonyl (C=O) groups excluding carboxylic acids is 2. The van der Waals surface area contributed by atoms with E-state index in [4.69, 9.17) is 17.3 Å². The molecule has 1 fully saturated rings. The first kappa shape index (κ1) is 23.9. The summed E-state index contributed by atoms with van der Waals surface area (Å²) >= 11 is 6.58. The van der Waals surface area contributed by atoms with Gasteiger partial charge >= 0.3 is 6.18 Å². The minimum absolute atomic E-state index is 0.000788. The molecule has 0 aliphatic carbocycles. The van der Waals surface area contributed by atoms with Gasteiger partial charge in [-0.05, 0) is 53.2 Å². The molecule has 2 amide bonds. The number of aromatic amines is 1. The molecular formula is C23H16ClF3N6O2S. The molecule has 2 aromatic carbocycles.